The van der Waals surface area contributed by atoms with E-state index in [-0.39, 0.29) is 0 Å². The molecule has 2 N–H and O–H groups in total. The van der Waals surface area contributed by atoms with Crippen molar-refractivity contribution in [1.29, 1.82) is 0 Å². The molecule has 4 rings (SSSR count). The highest BCUT2D eigenvalue weighted by molar-refractivity contribution is 5.93. The fraction of sp³-hybridized carbons (Fsp3) is 0.480. The highest BCUT2D eigenvalue weighted by atomic mass is 16.5. The lowest BCUT2D eigenvalue weighted by Crippen LogP contribution is -2.51. The van der Waals surface area contributed by atoms with E-state index in [4.69, 9.17) is 10.5 Å². The number of amides is 1. The van der Waals surface area contributed by atoms with E-state index < -0.39 is 5.91 Å². The summed E-state index contributed by atoms with van der Waals surface area (Å²) in [6.07, 6.45) is 7.03. The predicted molar refractivity (Wildman–Crippen MR) is 121 cm³/mol. The first-order valence-electron chi connectivity index (χ1n) is 11.3. The molecule has 1 saturated heterocycles. The molecule has 2 aliphatic rings. The van der Waals surface area contributed by atoms with Crippen LogP contribution in [0.3, 0.4) is 0 Å². The number of ether oxygens (including phenoxy) is 1. The van der Waals surface area contributed by atoms with E-state index in [9.17, 15) is 4.79 Å². The zero-order valence-electron chi connectivity index (χ0n) is 17.8. The van der Waals surface area contributed by atoms with Crippen molar-refractivity contribution in [1.82, 2.24) is 9.80 Å². The number of hydrogen-bond acceptors (Lipinski definition) is 4. The molecular weight excluding hydrogens is 374 g/mol. The van der Waals surface area contributed by atoms with Crippen LogP contribution >= 0.6 is 0 Å². The first-order chi connectivity index (χ1) is 14.7. The molecule has 0 atom stereocenters. The lowest BCUT2D eigenvalue weighted by Gasteiger charge is -2.40. The zero-order chi connectivity index (χ0) is 20.8. The van der Waals surface area contributed by atoms with Gasteiger partial charge in [-0.05, 0) is 48.2 Å². The van der Waals surface area contributed by atoms with Crippen molar-refractivity contribution >= 4 is 5.91 Å². The van der Waals surface area contributed by atoms with E-state index >= 15 is 0 Å². The van der Waals surface area contributed by atoms with Gasteiger partial charge < -0.3 is 10.5 Å². The van der Waals surface area contributed by atoms with E-state index in [0.717, 1.165) is 42.6 Å². The molecule has 2 aromatic carbocycles. The van der Waals surface area contributed by atoms with Crippen molar-refractivity contribution in [3.8, 4) is 16.9 Å². The molecule has 0 spiro atoms. The van der Waals surface area contributed by atoms with Crippen LogP contribution in [0.2, 0.25) is 0 Å². The Morgan fingerprint density at radius 2 is 1.67 bits per heavy atom. The molecule has 1 heterocycles. The fourth-order valence-corrected chi connectivity index (χ4v) is 4.68. The van der Waals surface area contributed by atoms with Gasteiger partial charge in [0.2, 0.25) is 5.91 Å². The number of rotatable bonds is 7. The summed E-state index contributed by atoms with van der Waals surface area (Å²) in [6, 6.07) is 16.3. The number of benzene rings is 2. The van der Waals surface area contributed by atoms with Gasteiger partial charge in [0.25, 0.3) is 0 Å². The maximum absolute atomic E-state index is 11.2. The van der Waals surface area contributed by atoms with Crippen LogP contribution in [-0.2, 0) is 0 Å². The second-order valence-electron chi connectivity index (χ2n) is 8.49. The van der Waals surface area contributed by atoms with Gasteiger partial charge in [-0.1, -0.05) is 43.5 Å². The standard InChI is InChI=1S/C25H33N3O2/c26-25(29)21-11-9-20(10-12-21)22-5-4-8-24(19-22)30-18-17-27-13-15-28(16-14-27)23-6-2-1-3-7-23/h4-5,8-12,19,23H,1-3,6-7,13-18H2,(H2,26,29). The molecule has 160 valence electrons. The highest BCUT2D eigenvalue weighted by Crippen LogP contribution is 2.25. The van der Waals surface area contributed by atoms with Gasteiger partial charge in [-0.2, -0.15) is 0 Å². The minimum atomic E-state index is -0.404. The summed E-state index contributed by atoms with van der Waals surface area (Å²) in [5.41, 5.74) is 7.97. The Morgan fingerprint density at radius 1 is 0.933 bits per heavy atom. The molecule has 0 unspecified atom stereocenters. The van der Waals surface area contributed by atoms with Crippen molar-refractivity contribution in [3.05, 3.63) is 54.1 Å². The van der Waals surface area contributed by atoms with E-state index in [1.165, 1.54) is 45.2 Å². The summed E-state index contributed by atoms with van der Waals surface area (Å²) >= 11 is 0. The van der Waals surface area contributed by atoms with Crippen LogP contribution in [0.5, 0.6) is 5.75 Å². The molecule has 2 aromatic rings. The van der Waals surface area contributed by atoms with Gasteiger partial charge in [0, 0.05) is 44.3 Å². The predicted octanol–water partition coefficient (Wildman–Crippen LogP) is 3.78. The van der Waals surface area contributed by atoms with Crippen LogP contribution in [0.15, 0.2) is 48.5 Å². The van der Waals surface area contributed by atoms with E-state index in [1.807, 2.05) is 24.3 Å². The van der Waals surface area contributed by atoms with E-state index in [1.54, 1.807) is 12.1 Å². The van der Waals surface area contributed by atoms with Crippen LogP contribution in [0.25, 0.3) is 11.1 Å². The highest BCUT2D eigenvalue weighted by Gasteiger charge is 2.24. The van der Waals surface area contributed by atoms with Crippen molar-refractivity contribution in [2.75, 3.05) is 39.3 Å². The smallest absolute Gasteiger partial charge is 0.248 e. The van der Waals surface area contributed by atoms with Crippen molar-refractivity contribution in [2.24, 2.45) is 5.73 Å². The number of nitrogens with zero attached hydrogens (tertiary/aromatic N) is 2. The summed E-state index contributed by atoms with van der Waals surface area (Å²) in [4.78, 5) is 16.5. The van der Waals surface area contributed by atoms with Gasteiger partial charge in [-0.25, -0.2) is 0 Å². The third kappa shape index (κ3) is 5.41. The molecule has 5 heteroatoms. The van der Waals surface area contributed by atoms with Gasteiger partial charge in [-0.3, -0.25) is 14.6 Å². The Balaban J connectivity index is 1.24. The summed E-state index contributed by atoms with van der Waals surface area (Å²) in [5.74, 6) is 0.477. The molecule has 2 fully saturated rings. The monoisotopic (exact) mass is 407 g/mol. The van der Waals surface area contributed by atoms with Crippen molar-refractivity contribution in [3.63, 3.8) is 0 Å². The normalized spacial score (nSPS) is 18.9. The van der Waals surface area contributed by atoms with Crippen LogP contribution in [0.4, 0.5) is 0 Å². The Bertz CT molecular complexity index is 823. The number of piperazine rings is 1. The Morgan fingerprint density at radius 3 is 2.37 bits per heavy atom. The Labute approximate surface area is 179 Å². The number of primary amides is 1. The molecule has 1 amide bonds. The van der Waals surface area contributed by atoms with Gasteiger partial charge in [0.15, 0.2) is 0 Å². The Hall–Kier alpha value is -2.37. The topological polar surface area (TPSA) is 58.8 Å². The van der Waals surface area contributed by atoms with Gasteiger partial charge in [0.05, 0.1) is 0 Å². The number of nitrogens with two attached hydrogens (primary N) is 1. The second-order valence-corrected chi connectivity index (χ2v) is 8.49. The fourth-order valence-electron chi connectivity index (χ4n) is 4.68. The molecule has 5 nitrogen and oxygen atoms in total. The third-order valence-electron chi connectivity index (χ3n) is 6.51. The maximum atomic E-state index is 11.2. The van der Waals surface area contributed by atoms with Crippen LogP contribution in [0.1, 0.15) is 42.5 Å². The Kier molecular flexibility index (Phi) is 7.03. The SMILES string of the molecule is NC(=O)c1ccc(-c2cccc(OCCN3CCN(C4CCCCC4)CC3)c2)cc1. The van der Waals surface area contributed by atoms with E-state index in [2.05, 4.69) is 21.9 Å². The zero-order valence-corrected chi connectivity index (χ0v) is 17.8. The number of carbonyl (C=O) groups is 1. The van der Waals surface area contributed by atoms with Gasteiger partial charge in [0.1, 0.15) is 12.4 Å². The molecule has 30 heavy (non-hydrogen) atoms. The second kappa shape index (κ2) is 10.1. The molecule has 1 saturated carbocycles. The minimum Gasteiger partial charge on any atom is -0.492 e. The molecule has 1 aliphatic carbocycles. The average Bonchev–Trinajstić information content (AvgIpc) is 2.80. The van der Waals surface area contributed by atoms with Crippen LogP contribution in [0, 0.1) is 0 Å². The summed E-state index contributed by atoms with van der Waals surface area (Å²) < 4.78 is 6.05. The third-order valence-corrected chi connectivity index (χ3v) is 6.51. The van der Waals surface area contributed by atoms with Crippen molar-refractivity contribution in [2.45, 2.75) is 38.1 Å². The number of carbonyl (C=O) groups excluding carboxylic acids is 1. The van der Waals surface area contributed by atoms with Gasteiger partial charge >= 0.3 is 0 Å². The van der Waals surface area contributed by atoms with Gasteiger partial charge in [-0.15, -0.1) is 0 Å². The van der Waals surface area contributed by atoms with Crippen LogP contribution in [-0.4, -0.2) is 61.1 Å². The first kappa shape index (κ1) is 20.9. The van der Waals surface area contributed by atoms with Crippen molar-refractivity contribution < 1.29 is 9.53 Å². The molecule has 1 aliphatic heterocycles. The largest absolute Gasteiger partial charge is 0.492 e. The minimum absolute atomic E-state index is 0.404. The molecular formula is C25H33N3O2. The summed E-state index contributed by atoms with van der Waals surface area (Å²) in [6.45, 7) is 6.35. The maximum Gasteiger partial charge on any atom is 0.248 e. The molecule has 0 radical (unpaired) electrons. The first-order valence-corrected chi connectivity index (χ1v) is 11.3. The lowest BCUT2D eigenvalue weighted by atomic mass is 9.94. The number of hydrogen-bond donors (Lipinski definition) is 1. The van der Waals surface area contributed by atoms with E-state index in [0.29, 0.717) is 12.2 Å². The average molecular weight is 408 g/mol. The summed E-state index contributed by atoms with van der Waals surface area (Å²) in [5, 5.41) is 0. The molecule has 0 bridgehead atoms. The van der Waals surface area contributed by atoms with Crippen LogP contribution < -0.4 is 10.5 Å². The quantitative estimate of drug-likeness (QED) is 0.759. The summed E-state index contributed by atoms with van der Waals surface area (Å²) in [7, 11) is 0. The molecule has 0 aromatic heterocycles. The lowest BCUT2D eigenvalue weighted by molar-refractivity contribution is 0.0718.